The zero-order valence-electron chi connectivity index (χ0n) is 18.9. The van der Waals surface area contributed by atoms with E-state index in [4.69, 9.17) is 19.2 Å². The second-order valence-electron chi connectivity index (χ2n) is 6.77. The van der Waals surface area contributed by atoms with Crippen molar-refractivity contribution >= 4 is 28.6 Å². The van der Waals surface area contributed by atoms with Gasteiger partial charge in [0.2, 0.25) is 11.7 Å². The van der Waals surface area contributed by atoms with E-state index in [1.54, 1.807) is 11.0 Å². The van der Waals surface area contributed by atoms with E-state index in [1.807, 2.05) is 44.2 Å². The summed E-state index contributed by atoms with van der Waals surface area (Å²) in [7, 11) is 4.48. The Kier molecular flexibility index (Phi) is 7.63. The zero-order valence-corrected chi connectivity index (χ0v) is 19.7. The van der Waals surface area contributed by atoms with Crippen molar-refractivity contribution in [1.82, 2.24) is 14.5 Å². The van der Waals surface area contributed by atoms with Crippen molar-refractivity contribution in [2.75, 3.05) is 40.2 Å². The highest BCUT2D eigenvalue weighted by Gasteiger charge is 2.23. The van der Waals surface area contributed by atoms with E-state index in [-0.39, 0.29) is 17.2 Å². The molecule has 0 fully saturated rings. The summed E-state index contributed by atoms with van der Waals surface area (Å²) in [6.07, 6.45) is 0. The highest BCUT2D eigenvalue weighted by molar-refractivity contribution is 7.99. The molecular formula is C23H27N3O5S. The van der Waals surface area contributed by atoms with E-state index < -0.39 is 0 Å². The summed E-state index contributed by atoms with van der Waals surface area (Å²) in [6, 6.07) is 10.8. The molecule has 170 valence electrons. The highest BCUT2D eigenvalue weighted by atomic mass is 32.2. The number of aromatic nitrogens is 2. The van der Waals surface area contributed by atoms with Crippen LogP contribution in [-0.2, 0) is 4.79 Å². The van der Waals surface area contributed by atoms with Crippen LogP contribution in [0.3, 0.4) is 0 Å². The monoisotopic (exact) mass is 457 g/mol. The number of carbonyl (C=O) groups excluding carboxylic acids is 1. The SMILES string of the molecule is CCN(CC)C(=O)CSc1nc2c(OC)c(OC)c(OC)cc2c(=O)n1-c1ccccc1. The van der Waals surface area contributed by atoms with Gasteiger partial charge in [-0.2, -0.15) is 0 Å². The molecule has 0 aliphatic heterocycles. The number of benzene rings is 2. The number of fused-ring (bicyclic) bond motifs is 1. The fraction of sp³-hybridized carbons (Fsp3) is 0.348. The van der Waals surface area contributed by atoms with Gasteiger partial charge in [-0.25, -0.2) is 4.98 Å². The molecule has 0 aliphatic rings. The fourth-order valence-electron chi connectivity index (χ4n) is 3.46. The Morgan fingerprint density at radius 3 is 2.25 bits per heavy atom. The molecule has 9 heteroatoms. The second-order valence-corrected chi connectivity index (χ2v) is 7.71. The van der Waals surface area contributed by atoms with Crippen LogP contribution in [-0.4, -0.2) is 60.5 Å². The van der Waals surface area contributed by atoms with Crippen molar-refractivity contribution in [3.05, 3.63) is 46.8 Å². The Morgan fingerprint density at radius 1 is 1.03 bits per heavy atom. The number of amides is 1. The van der Waals surface area contributed by atoms with E-state index in [0.29, 0.717) is 52.1 Å². The Bertz CT molecular complexity index is 1160. The van der Waals surface area contributed by atoms with Gasteiger partial charge in [-0.3, -0.25) is 14.2 Å². The minimum Gasteiger partial charge on any atom is -0.493 e. The number of carbonyl (C=O) groups is 1. The molecular weight excluding hydrogens is 430 g/mol. The largest absolute Gasteiger partial charge is 0.493 e. The third-order valence-corrected chi connectivity index (χ3v) is 6.01. The number of ether oxygens (including phenoxy) is 3. The van der Waals surface area contributed by atoms with Crippen molar-refractivity contribution in [1.29, 1.82) is 0 Å². The predicted octanol–water partition coefficient (Wildman–Crippen LogP) is 3.37. The number of para-hydroxylation sites is 1. The summed E-state index contributed by atoms with van der Waals surface area (Å²) in [5, 5.41) is 0.711. The maximum Gasteiger partial charge on any atom is 0.266 e. The van der Waals surface area contributed by atoms with Crippen LogP contribution in [0.2, 0.25) is 0 Å². The quantitative estimate of drug-likeness (QED) is 0.360. The molecule has 0 aliphatic carbocycles. The summed E-state index contributed by atoms with van der Waals surface area (Å²) in [4.78, 5) is 32.7. The predicted molar refractivity (Wildman–Crippen MR) is 126 cm³/mol. The molecule has 1 heterocycles. The summed E-state index contributed by atoms with van der Waals surface area (Å²) in [5.74, 6) is 1.15. The molecule has 32 heavy (non-hydrogen) atoms. The van der Waals surface area contributed by atoms with Gasteiger partial charge in [-0.05, 0) is 32.0 Å². The second kappa shape index (κ2) is 10.4. The van der Waals surface area contributed by atoms with Gasteiger partial charge in [0, 0.05) is 13.1 Å². The molecule has 1 aromatic heterocycles. The maximum atomic E-state index is 13.6. The van der Waals surface area contributed by atoms with Crippen LogP contribution in [0, 0.1) is 0 Å². The van der Waals surface area contributed by atoms with Crippen molar-refractivity contribution in [3.63, 3.8) is 0 Å². The van der Waals surface area contributed by atoms with Gasteiger partial charge in [-0.1, -0.05) is 30.0 Å². The van der Waals surface area contributed by atoms with Crippen LogP contribution in [0.15, 0.2) is 46.3 Å². The average molecular weight is 458 g/mol. The molecule has 0 atom stereocenters. The Morgan fingerprint density at radius 2 is 1.69 bits per heavy atom. The first-order valence-corrected chi connectivity index (χ1v) is 11.2. The summed E-state index contributed by atoms with van der Waals surface area (Å²) in [5.41, 5.74) is 0.705. The van der Waals surface area contributed by atoms with Gasteiger partial charge in [0.25, 0.3) is 5.56 Å². The molecule has 0 saturated heterocycles. The molecule has 0 spiro atoms. The third-order valence-electron chi connectivity index (χ3n) is 5.09. The average Bonchev–Trinajstić information content (AvgIpc) is 2.82. The first-order valence-electron chi connectivity index (χ1n) is 10.2. The van der Waals surface area contributed by atoms with Gasteiger partial charge in [0.15, 0.2) is 16.7 Å². The Labute approximate surface area is 191 Å². The summed E-state index contributed by atoms with van der Waals surface area (Å²) < 4.78 is 17.9. The standard InChI is InChI=1S/C23H27N3O5S/c1-6-25(7-2)18(27)14-32-23-24-19-16(13-17(29-3)20(30-4)21(19)31-5)22(28)26(23)15-11-9-8-10-12-15/h8-13H,6-7,14H2,1-5H3. The molecule has 3 rings (SSSR count). The molecule has 0 saturated carbocycles. The molecule has 8 nitrogen and oxygen atoms in total. The number of thioether (sulfide) groups is 1. The van der Waals surface area contributed by atoms with Crippen LogP contribution in [0.25, 0.3) is 16.6 Å². The van der Waals surface area contributed by atoms with E-state index in [1.165, 1.54) is 37.7 Å². The van der Waals surface area contributed by atoms with Crippen molar-refractivity contribution in [2.24, 2.45) is 0 Å². The molecule has 0 bridgehead atoms. The van der Waals surface area contributed by atoms with Crippen LogP contribution in [0.5, 0.6) is 17.2 Å². The minimum absolute atomic E-state index is 0.0202. The lowest BCUT2D eigenvalue weighted by atomic mass is 10.2. The molecule has 0 unspecified atom stereocenters. The van der Waals surface area contributed by atoms with Crippen LogP contribution in [0.4, 0.5) is 0 Å². The van der Waals surface area contributed by atoms with E-state index in [0.717, 1.165) is 0 Å². The number of hydrogen-bond donors (Lipinski definition) is 0. The van der Waals surface area contributed by atoms with Gasteiger partial charge in [0.05, 0.1) is 38.2 Å². The van der Waals surface area contributed by atoms with E-state index in [2.05, 4.69) is 0 Å². The highest BCUT2D eigenvalue weighted by Crippen LogP contribution is 2.42. The van der Waals surface area contributed by atoms with Gasteiger partial charge in [-0.15, -0.1) is 0 Å². The van der Waals surface area contributed by atoms with Gasteiger partial charge < -0.3 is 19.1 Å². The lowest BCUT2D eigenvalue weighted by molar-refractivity contribution is -0.127. The van der Waals surface area contributed by atoms with E-state index >= 15 is 0 Å². The summed E-state index contributed by atoms with van der Waals surface area (Å²) in [6.45, 7) is 5.12. The van der Waals surface area contributed by atoms with Crippen LogP contribution < -0.4 is 19.8 Å². The number of hydrogen-bond acceptors (Lipinski definition) is 7. The molecule has 2 aromatic carbocycles. The normalized spacial score (nSPS) is 10.8. The number of rotatable bonds is 9. The molecule has 0 N–H and O–H groups in total. The van der Waals surface area contributed by atoms with Crippen molar-refractivity contribution < 1.29 is 19.0 Å². The maximum absolute atomic E-state index is 13.6. The number of methoxy groups -OCH3 is 3. The third kappa shape index (κ3) is 4.38. The van der Waals surface area contributed by atoms with Gasteiger partial charge in [0.1, 0.15) is 5.52 Å². The number of nitrogens with zero attached hydrogens (tertiary/aromatic N) is 3. The fourth-order valence-corrected chi connectivity index (χ4v) is 4.37. The van der Waals surface area contributed by atoms with Gasteiger partial charge >= 0.3 is 0 Å². The molecule has 3 aromatic rings. The molecule has 1 amide bonds. The zero-order chi connectivity index (χ0) is 23.3. The van der Waals surface area contributed by atoms with Crippen molar-refractivity contribution in [2.45, 2.75) is 19.0 Å². The smallest absolute Gasteiger partial charge is 0.266 e. The Balaban J connectivity index is 2.26. The first kappa shape index (κ1) is 23.5. The van der Waals surface area contributed by atoms with E-state index in [9.17, 15) is 9.59 Å². The summed E-state index contributed by atoms with van der Waals surface area (Å²) >= 11 is 1.21. The lowest BCUT2D eigenvalue weighted by Crippen LogP contribution is -2.32. The first-order chi connectivity index (χ1) is 15.5. The van der Waals surface area contributed by atoms with Crippen LogP contribution in [0.1, 0.15) is 13.8 Å². The van der Waals surface area contributed by atoms with Crippen LogP contribution >= 0.6 is 11.8 Å². The minimum atomic E-state index is -0.293. The lowest BCUT2D eigenvalue weighted by Gasteiger charge is -2.20. The topological polar surface area (TPSA) is 82.9 Å². The Hall–Kier alpha value is -3.20. The molecule has 0 radical (unpaired) electrons. The van der Waals surface area contributed by atoms with Crippen molar-refractivity contribution in [3.8, 4) is 22.9 Å².